The molecule has 2 aromatic carbocycles. The Labute approximate surface area is 187 Å². The van der Waals surface area contributed by atoms with Crippen LogP contribution in [0.25, 0.3) is 0 Å². The van der Waals surface area contributed by atoms with E-state index in [2.05, 4.69) is 10.3 Å². The molecule has 0 aliphatic carbocycles. The third-order valence-corrected chi connectivity index (χ3v) is 5.48. The van der Waals surface area contributed by atoms with Gasteiger partial charge in [-0.15, -0.1) is 0 Å². The van der Waals surface area contributed by atoms with Crippen molar-refractivity contribution in [2.75, 3.05) is 25.5 Å². The number of nitrogens with zero attached hydrogens (tertiary/aromatic N) is 2. The van der Waals surface area contributed by atoms with Crippen molar-refractivity contribution in [1.82, 2.24) is 9.88 Å². The molecule has 1 fully saturated rings. The average Bonchev–Trinajstić information content (AvgIpc) is 2.85. The molecular weight excluding hydrogens is 406 g/mol. The molecule has 0 spiro atoms. The lowest BCUT2D eigenvalue weighted by Gasteiger charge is -2.31. The SMILES string of the molecule is COc1ccccc1NC(=O)C1CCN(C(=O)c2cccnc2Oc2ccccc2)CC1. The van der Waals surface area contributed by atoms with Gasteiger partial charge in [0.05, 0.1) is 12.8 Å². The Morgan fingerprint density at radius 3 is 2.44 bits per heavy atom. The average molecular weight is 431 g/mol. The monoisotopic (exact) mass is 431 g/mol. The number of carbonyl (C=O) groups is 2. The molecule has 0 unspecified atom stereocenters. The number of hydrogen-bond acceptors (Lipinski definition) is 5. The van der Waals surface area contributed by atoms with Crippen LogP contribution in [0.2, 0.25) is 0 Å². The molecule has 1 aliphatic rings. The zero-order chi connectivity index (χ0) is 22.3. The minimum atomic E-state index is -0.169. The number of benzene rings is 2. The molecular formula is C25H25N3O4. The van der Waals surface area contributed by atoms with Crippen LogP contribution in [0, 0.1) is 5.92 Å². The number of amides is 2. The summed E-state index contributed by atoms with van der Waals surface area (Å²) >= 11 is 0. The van der Waals surface area contributed by atoms with Crippen molar-refractivity contribution in [2.24, 2.45) is 5.92 Å². The van der Waals surface area contributed by atoms with E-state index >= 15 is 0 Å². The zero-order valence-corrected chi connectivity index (χ0v) is 17.9. The molecule has 3 aromatic rings. The summed E-state index contributed by atoms with van der Waals surface area (Å²) in [4.78, 5) is 31.9. The Hall–Kier alpha value is -3.87. The van der Waals surface area contributed by atoms with Gasteiger partial charge in [0.25, 0.3) is 5.91 Å². The van der Waals surface area contributed by atoms with Crippen LogP contribution >= 0.6 is 0 Å². The summed E-state index contributed by atoms with van der Waals surface area (Å²) in [5.74, 6) is 1.14. The lowest BCUT2D eigenvalue weighted by Crippen LogP contribution is -2.41. The number of anilines is 1. The number of rotatable bonds is 6. The number of likely N-dealkylation sites (tertiary alicyclic amines) is 1. The van der Waals surface area contributed by atoms with E-state index in [1.807, 2.05) is 48.5 Å². The standard InChI is InChI=1S/C25H25N3O4/c1-31-22-12-6-5-11-21(22)27-23(29)18-13-16-28(17-14-18)25(30)20-10-7-15-26-24(20)32-19-8-3-2-4-9-19/h2-12,15,18H,13-14,16-17H2,1H3,(H,27,29). The van der Waals surface area contributed by atoms with E-state index in [0.717, 1.165) is 0 Å². The van der Waals surface area contributed by atoms with E-state index in [1.165, 1.54) is 0 Å². The highest BCUT2D eigenvalue weighted by molar-refractivity contribution is 5.97. The van der Waals surface area contributed by atoms with Crippen molar-refractivity contribution in [1.29, 1.82) is 0 Å². The first kappa shape index (κ1) is 21.4. The number of methoxy groups -OCH3 is 1. The third-order valence-electron chi connectivity index (χ3n) is 5.48. The van der Waals surface area contributed by atoms with Crippen LogP contribution in [0.15, 0.2) is 72.9 Å². The van der Waals surface area contributed by atoms with Crippen molar-refractivity contribution in [2.45, 2.75) is 12.8 Å². The van der Waals surface area contributed by atoms with E-state index in [-0.39, 0.29) is 23.6 Å². The van der Waals surface area contributed by atoms with Gasteiger partial charge in [-0.3, -0.25) is 9.59 Å². The van der Waals surface area contributed by atoms with Gasteiger partial charge >= 0.3 is 0 Å². The summed E-state index contributed by atoms with van der Waals surface area (Å²) in [7, 11) is 1.57. The molecule has 1 saturated heterocycles. The van der Waals surface area contributed by atoms with Crippen molar-refractivity contribution in [3.8, 4) is 17.4 Å². The van der Waals surface area contributed by atoms with Gasteiger partial charge in [0, 0.05) is 25.2 Å². The van der Waals surface area contributed by atoms with Crippen LogP contribution in [-0.2, 0) is 4.79 Å². The van der Waals surface area contributed by atoms with Crippen LogP contribution < -0.4 is 14.8 Å². The van der Waals surface area contributed by atoms with Gasteiger partial charge in [-0.2, -0.15) is 0 Å². The van der Waals surface area contributed by atoms with Gasteiger partial charge in [0.2, 0.25) is 11.8 Å². The largest absolute Gasteiger partial charge is 0.495 e. The van der Waals surface area contributed by atoms with Gasteiger partial charge in [0.15, 0.2) is 0 Å². The lowest BCUT2D eigenvalue weighted by atomic mass is 9.95. The van der Waals surface area contributed by atoms with Crippen molar-refractivity contribution >= 4 is 17.5 Å². The Kier molecular flexibility index (Phi) is 6.65. The molecule has 32 heavy (non-hydrogen) atoms. The molecule has 0 saturated carbocycles. The number of piperidine rings is 1. The highest BCUT2D eigenvalue weighted by Crippen LogP contribution is 2.28. The molecule has 0 atom stereocenters. The second kappa shape index (κ2) is 9.96. The molecule has 1 aliphatic heterocycles. The molecule has 4 rings (SSSR count). The number of pyridine rings is 1. The van der Waals surface area contributed by atoms with E-state index in [1.54, 1.807) is 36.4 Å². The lowest BCUT2D eigenvalue weighted by molar-refractivity contribution is -0.121. The molecule has 164 valence electrons. The number of hydrogen-bond donors (Lipinski definition) is 1. The fourth-order valence-electron chi connectivity index (χ4n) is 3.73. The maximum absolute atomic E-state index is 13.2. The highest BCUT2D eigenvalue weighted by Gasteiger charge is 2.29. The quantitative estimate of drug-likeness (QED) is 0.627. The summed E-state index contributed by atoms with van der Waals surface area (Å²) in [6.07, 6.45) is 2.77. The number of para-hydroxylation sites is 3. The third kappa shape index (κ3) is 4.88. The van der Waals surface area contributed by atoms with Crippen molar-refractivity contribution in [3.05, 3.63) is 78.5 Å². The summed E-state index contributed by atoms with van der Waals surface area (Å²) in [6.45, 7) is 0.977. The fourth-order valence-corrected chi connectivity index (χ4v) is 3.73. The van der Waals surface area contributed by atoms with E-state index in [0.29, 0.717) is 48.7 Å². The van der Waals surface area contributed by atoms with Gasteiger partial charge in [-0.25, -0.2) is 4.98 Å². The number of carbonyl (C=O) groups excluding carboxylic acids is 2. The Morgan fingerprint density at radius 1 is 0.969 bits per heavy atom. The Morgan fingerprint density at radius 2 is 1.69 bits per heavy atom. The predicted molar refractivity (Wildman–Crippen MR) is 121 cm³/mol. The molecule has 0 radical (unpaired) electrons. The molecule has 2 heterocycles. The molecule has 1 N–H and O–H groups in total. The van der Waals surface area contributed by atoms with Crippen LogP contribution in [0.4, 0.5) is 5.69 Å². The Balaban J connectivity index is 1.38. The maximum atomic E-state index is 13.2. The topological polar surface area (TPSA) is 80.8 Å². The minimum Gasteiger partial charge on any atom is -0.495 e. The van der Waals surface area contributed by atoms with E-state index < -0.39 is 0 Å². The number of aromatic nitrogens is 1. The first-order valence-corrected chi connectivity index (χ1v) is 10.6. The van der Waals surface area contributed by atoms with Crippen LogP contribution in [0.3, 0.4) is 0 Å². The van der Waals surface area contributed by atoms with Gasteiger partial charge in [-0.1, -0.05) is 30.3 Å². The van der Waals surface area contributed by atoms with Gasteiger partial charge < -0.3 is 19.7 Å². The van der Waals surface area contributed by atoms with Crippen LogP contribution in [-0.4, -0.2) is 41.9 Å². The highest BCUT2D eigenvalue weighted by atomic mass is 16.5. The molecule has 7 heteroatoms. The van der Waals surface area contributed by atoms with Crippen molar-refractivity contribution in [3.63, 3.8) is 0 Å². The number of ether oxygens (including phenoxy) is 2. The van der Waals surface area contributed by atoms with Crippen molar-refractivity contribution < 1.29 is 19.1 Å². The molecule has 7 nitrogen and oxygen atoms in total. The minimum absolute atomic E-state index is 0.0592. The van der Waals surface area contributed by atoms with E-state index in [4.69, 9.17) is 9.47 Å². The second-order valence-corrected chi connectivity index (χ2v) is 7.53. The maximum Gasteiger partial charge on any atom is 0.259 e. The van der Waals surface area contributed by atoms with Gasteiger partial charge in [-0.05, 0) is 49.2 Å². The second-order valence-electron chi connectivity index (χ2n) is 7.53. The van der Waals surface area contributed by atoms with Crippen LogP contribution in [0.1, 0.15) is 23.2 Å². The smallest absolute Gasteiger partial charge is 0.259 e. The van der Waals surface area contributed by atoms with Gasteiger partial charge in [0.1, 0.15) is 17.1 Å². The number of nitrogens with one attached hydrogen (secondary N) is 1. The van der Waals surface area contributed by atoms with E-state index in [9.17, 15) is 9.59 Å². The first-order chi connectivity index (χ1) is 15.7. The summed E-state index contributed by atoms with van der Waals surface area (Å²) in [5.41, 5.74) is 1.06. The zero-order valence-electron chi connectivity index (χ0n) is 17.9. The summed E-state index contributed by atoms with van der Waals surface area (Å²) < 4.78 is 11.1. The fraction of sp³-hybridized carbons (Fsp3) is 0.240. The Bertz CT molecular complexity index is 1080. The summed E-state index contributed by atoms with van der Waals surface area (Å²) in [6, 6.07) is 20.0. The summed E-state index contributed by atoms with van der Waals surface area (Å²) in [5, 5.41) is 2.95. The molecule has 2 amide bonds. The molecule has 0 bridgehead atoms. The van der Waals surface area contributed by atoms with Crippen LogP contribution in [0.5, 0.6) is 17.4 Å². The first-order valence-electron chi connectivity index (χ1n) is 10.6. The normalized spacial score (nSPS) is 14.0. The molecule has 1 aromatic heterocycles. The predicted octanol–water partition coefficient (Wildman–Crippen LogP) is 4.37.